The highest BCUT2D eigenvalue weighted by molar-refractivity contribution is 6.31. The number of hydrogen-bond donors (Lipinski definition) is 2. The lowest BCUT2D eigenvalue weighted by molar-refractivity contribution is -0.159. The maximum Gasteiger partial charge on any atom is 0.437 e. The largest absolute Gasteiger partial charge is 0.459 e. The number of carbonyl (C=O) groups excluding carboxylic acids is 6. The van der Waals surface area contributed by atoms with Gasteiger partial charge in [-0.3, -0.25) is 14.9 Å². The Bertz CT molecular complexity index is 2090. The Morgan fingerprint density at radius 3 is 1.83 bits per heavy atom. The van der Waals surface area contributed by atoms with Crippen molar-refractivity contribution in [1.82, 2.24) is 10.2 Å². The van der Waals surface area contributed by atoms with E-state index in [1.54, 1.807) is 107 Å². The van der Waals surface area contributed by atoms with E-state index in [9.17, 15) is 28.8 Å². The molecule has 0 unspecified atom stereocenters. The molecule has 0 fully saturated rings. The number of aliphatic imine (C=N–C) groups is 1. The second kappa shape index (κ2) is 19.9. The fourth-order valence-electron chi connectivity index (χ4n) is 4.98. The Morgan fingerprint density at radius 2 is 1.27 bits per heavy atom. The van der Waals surface area contributed by atoms with Crippen LogP contribution in [0.15, 0.2) is 71.7 Å². The topological polar surface area (TPSA) is 188 Å². The van der Waals surface area contributed by atoms with Crippen LogP contribution in [0.1, 0.15) is 115 Å². The third-order valence-electron chi connectivity index (χ3n) is 7.20. The van der Waals surface area contributed by atoms with Crippen LogP contribution in [0.25, 0.3) is 0 Å². The van der Waals surface area contributed by atoms with Crippen LogP contribution in [0.2, 0.25) is 5.02 Å². The summed E-state index contributed by atoms with van der Waals surface area (Å²) in [4.78, 5) is 82.5. The molecule has 0 heterocycles. The van der Waals surface area contributed by atoms with Gasteiger partial charge in [0.15, 0.2) is 0 Å². The molecule has 0 aromatic heterocycles. The zero-order valence-electron chi connectivity index (χ0n) is 36.2. The first kappa shape index (κ1) is 48.4. The highest BCUT2D eigenvalue weighted by atomic mass is 35.5. The Balaban J connectivity index is 1.75. The van der Waals surface area contributed by atoms with Crippen LogP contribution in [-0.2, 0) is 41.5 Å². The van der Waals surface area contributed by atoms with Gasteiger partial charge in [-0.05, 0) is 143 Å². The first-order chi connectivity index (χ1) is 27.5. The van der Waals surface area contributed by atoms with Gasteiger partial charge in [0.25, 0.3) is 0 Å². The molecule has 0 radical (unpaired) electrons. The van der Waals surface area contributed by atoms with E-state index >= 15 is 0 Å². The second-order valence-electron chi connectivity index (χ2n) is 17.6. The summed E-state index contributed by atoms with van der Waals surface area (Å²) in [6, 6.07) is 16.9. The first-order valence-corrected chi connectivity index (χ1v) is 19.4. The highest BCUT2D eigenvalue weighted by Crippen LogP contribution is 2.25. The predicted octanol–water partition coefficient (Wildman–Crippen LogP) is 8.66. The molecule has 0 aliphatic carbocycles. The van der Waals surface area contributed by atoms with Crippen molar-refractivity contribution < 1.29 is 52.5 Å². The molecule has 16 heteroatoms. The average molecular weight is 851 g/mol. The molecular formula is C44H55ClN4O11. The third kappa shape index (κ3) is 17.9. The minimum absolute atomic E-state index is 0.0194. The van der Waals surface area contributed by atoms with E-state index in [0.29, 0.717) is 22.4 Å². The van der Waals surface area contributed by atoms with Gasteiger partial charge in [0, 0.05) is 17.3 Å². The molecule has 2 N–H and O–H groups in total. The van der Waals surface area contributed by atoms with Gasteiger partial charge >= 0.3 is 30.1 Å². The van der Waals surface area contributed by atoms with Gasteiger partial charge < -0.3 is 33.9 Å². The Kier molecular flexibility index (Phi) is 16.0. The number of carbonyl (C=O) groups is 6. The summed E-state index contributed by atoms with van der Waals surface area (Å²) < 4.78 is 27.0. The van der Waals surface area contributed by atoms with Crippen LogP contribution < -0.4 is 15.4 Å². The van der Waals surface area contributed by atoms with Crippen LogP contribution in [-0.4, -0.2) is 75.8 Å². The number of hydrogen-bond acceptors (Lipinski definition) is 11. The molecule has 60 heavy (non-hydrogen) atoms. The summed E-state index contributed by atoms with van der Waals surface area (Å²) in [5.74, 6) is -2.51. The molecule has 0 bridgehead atoms. The molecule has 3 aromatic rings. The lowest BCUT2D eigenvalue weighted by Crippen LogP contribution is -2.40. The Hall–Kier alpha value is -5.96. The molecule has 0 aliphatic rings. The number of ether oxygens (including phenoxy) is 5. The molecule has 324 valence electrons. The molecule has 0 saturated carbocycles. The zero-order valence-corrected chi connectivity index (χ0v) is 37.0. The van der Waals surface area contributed by atoms with Gasteiger partial charge in [0.2, 0.25) is 11.9 Å². The van der Waals surface area contributed by atoms with Gasteiger partial charge in [-0.1, -0.05) is 29.8 Å². The highest BCUT2D eigenvalue weighted by Gasteiger charge is 2.25. The van der Waals surface area contributed by atoms with Crippen LogP contribution in [0, 0.1) is 0 Å². The smallest absolute Gasteiger partial charge is 0.437 e. The quantitative estimate of drug-likeness (QED) is 0.0651. The number of rotatable bonds is 10. The van der Waals surface area contributed by atoms with Gasteiger partial charge in [0.05, 0.1) is 17.5 Å². The van der Waals surface area contributed by atoms with Crippen molar-refractivity contribution >= 4 is 59.2 Å². The van der Waals surface area contributed by atoms with Crippen molar-refractivity contribution in [3.8, 4) is 5.75 Å². The normalized spacial score (nSPS) is 12.1. The van der Waals surface area contributed by atoms with Crippen molar-refractivity contribution in [3.63, 3.8) is 0 Å². The third-order valence-corrected chi connectivity index (χ3v) is 7.56. The van der Waals surface area contributed by atoms with E-state index in [1.807, 2.05) is 0 Å². The van der Waals surface area contributed by atoms with Crippen molar-refractivity contribution in [2.45, 2.75) is 118 Å². The molecule has 0 aliphatic heterocycles. The van der Waals surface area contributed by atoms with Crippen LogP contribution >= 0.6 is 11.6 Å². The Labute approximate surface area is 356 Å². The lowest BCUT2D eigenvalue weighted by Gasteiger charge is -2.26. The number of amides is 3. The zero-order chi connectivity index (χ0) is 45.2. The molecule has 3 aromatic carbocycles. The number of anilines is 1. The molecular weight excluding hydrogens is 796 g/mol. The summed E-state index contributed by atoms with van der Waals surface area (Å²) in [5, 5.41) is 5.32. The number of halogens is 1. The number of nitrogens with one attached hydrogen (secondary N) is 2. The summed E-state index contributed by atoms with van der Waals surface area (Å²) >= 11 is 6.58. The van der Waals surface area contributed by atoms with E-state index in [1.165, 1.54) is 47.4 Å². The fourth-order valence-corrected chi connectivity index (χ4v) is 5.22. The molecule has 0 saturated heterocycles. The standard InChI is InChI=1S/C44H55ClN4O11/c1-41(2,3)57-35(51)26-49(25-27-14-13-15-30(22-27)37(53)58-42(4,5)6)34(50)23-29-18-21-32(24-33(29)45)56-36(52)28-16-19-31(20-17-28)46-38(47-39(54)59-43(7,8)9)48-40(55)60-44(10,11)12/h13-22,24H,23,25-26H2,1-12H3,(H2,46,47,48,54,55). The fraction of sp³-hybridized carbons (Fsp3) is 0.432. The summed E-state index contributed by atoms with van der Waals surface area (Å²) in [7, 11) is 0. The number of esters is 3. The van der Waals surface area contributed by atoms with Crippen molar-refractivity contribution in [2.75, 3.05) is 11.9 Å². The molecule has 3 amide bonds. The lowest BCUT2D eigenvalue weighted by atomic mass is 10.1. The maximum atomic E-state index is 13.8. The average Bonchev–Trinajstić information content (AvgIpc) is 3.06. The second-order valence-corrected chi connectivity index (χ2v) is 18.0. The van der Waals surface area contributed by atoms with E-state index in [0.717, 1.165) is 0 Å². The van der Waals surface area contributed by atoms with Gasteiger partial charge in [-0.2, -0.15) is 0 Å². The number of nitrogens with zero attached hydrogens (tertiary/aromatic N) is 2. The van der Waals surface area contributed by atoms with Gasteiger partial charge in [-0.25, -0.2) is 19.2 Å². The SMILES string of the molecule is CC(C)(C)OC(=O)CN(Cc1cccc(C(=O)OC(C)(C)C)c1)C(=O)Cc1ccc(OC(=O)c2ccc(N/C(=N\C(=O)OC(C)(C)C)NC(=O)OC(C)(C)C)cc2)cc1Cl. The van der Waals surface area contributed by atoms with E-state index in [2.05, 4.69) is 15.6 Å². The van der Waals surface area contributed by atoms with E-state index < -0.39 is 58.4 Å². The minimum Gasteiger partial charge on any atom is -0.459 e. The summed E-state index contributed by atoms with van der Waals surface area (Å²) in [6.45, 7) is 20.1. The number of alkyl carbamates (subject to hydrolysis) is 1. The number of guanidine groups is 1. The molecule has 3 rings (SSSR count). The maximum absolute atomic E-state index is 13.8. The summed E-state index contributed by atoms with van der Waals surface area (Å²) in [5.41, 5.74) is -1.40. The van der Waals surface area contributed by atoms with E-state index in [4.69, 9.17) is 35.3 Å². The molecule has 15 nitrogen and oxygen atoms in total. The van der Waals surface area contributed by atoms with Gasteiger partial charge in [0.1, 0.15) is 34.7 Å². The van der Waals surface area contributed by atoms with E-state index in [-0.39, 0.29) is 41.8 Å². The Morgan fingerprint density at radius 1 is 0.667 bits per heavy atom. The molecule has 0 atom stereocenters. The number of benzene rings is 3. The van der Waals surface area contributed by atoms with Crippen LogP contribution in [0.5, 0.6) is 5.75 Å². The van der Waals surface area contributed by atoms with Gasteiger partial charge in [-0.15, -0.1) is 4.99 Å². The molecule has 0 spiro atoms. The predicted molar refractivity (Wildman–Crippen MR) is 226 cm³/mol. The van der Waals surface area contributed by atoms with Crippen molar-refractivity contribution in [1.29, 1.82) is 0 Å². The first-order valence-electron chi connectivity index (χ1n) is 19.1. The van der Waals surface area contributed by atoms with Crippen LogP contribution in [0.3, 0.4) is 0 Å². The van der Waals surface area contributed by atoms with Crippen molar-refractivity contribution in [2.24, 2.45) is 4.99 Å². The van der Waals surface area contributed by atoms with Crippen molar-refractivity contribution in [3.05, 3.63) is 94.0 Å². The summed E-state index contributed by atoms with van der Waals surface area (Å²) in [6.07, 6.45) is -2.04. The minimum atomic E-state index is -0.962. The van der Waals surface area contributed by atoms with Crippen LogP contribution in [0.4, 0.5) is 15.3 Å². The monoisotopic (exact) mass is 850 g/mol.